The standard InChI is InChI=1S/C13H12ClFO3/c1-3-18-13(17)11(8(2)16)6-9-4-5-10(15)7-12(9)14/h4-7H,3H2,1-2H3. The van der Waals surface area contributed by atoms with Gasteiger partial charge >= 0.3 is 5.97 Å². The first-order chi connectivity index (χ1) is 8.45. The summed E-state index contributed by atoms with van der Waals surface area (Å²) in [5, 5.41) is 0.123. The molecule has 0 saturated heterocycles. The number of hydrogen-bond acceptors (Lipinski definition) is 3. The molecule has 1 aromatic carbocycles. The Morgan fingerprint density at radius 3 is 2.61 bits per heavy atom. The highest BCUT2D eigenvalue weighted by atomic mass is 35.5. The Hall–Kier alpha value is -1.68. The molecule has 0 aliphatic heterocycles. The van der Waals surface area contributed by atoms with Gasteiger partial charge in [0.25, 0.3) is 0 Å². The maximum Gasteiger partial charge on any atom is 0.341 e. The summed E-state index contributed by atoms with van der Waals surface area (Å²) < 4.78 is 17.6. The summed E-state index contributed by atoms with van der Waals surface area (Å²) in [7, 11) is 0. The average Bonchev–Trinajstić information content (AvgIpc) is 2.27. The van der Waals surface area contributed by atoms with Crippen LogP contribution in [0.3, 0.4) is 0 Å². The second-order valence-electron chi connectivity index (χ2n) is 3.50. The minimum Gasteiger partial charge on any atom is -0.462 e. The Bertz CT molecular complexity index is 509. The van der Waals surface area contributed by atoms with E-state index in [0.29, 0.717) is 5.56 Å². The first kappa shape index (κ1) is 14.4. The van der Waals surface area contributed by atoms with Gasteiger partial charge in [-0.3, -0.25) is 4.79 Å². The number of benzene rings is 1. The molecule has 0 unspecified atom stereocenters. The molecular weight excluding hydrogens is 259 g/mol. The lowest BCUT2D eigenvalue weighted by molar-refractivity contribution is -0.139. The molecule has 0 aliphatic carbocycles. The molecule has 0 radical (unpaired) electrons. The zero-order valence-corrected chi connectivity index (χ0v) is 10.8. The molecule has 0 spiro atoms. The summed E-state index contributed by atoms with van der Waals surface area (Å²) in [6.07, 6.45) is 1.29. The summed E-state index contributed by atoms with van der Waals surface area (Å²) >= 11 is 5.81. The van der Waals surface area contributed by atoms with E-state index in [9.17, 15) is 14.0 Å². The van der Waals surface area contributed by atoms with Crippen molar-refractivity contribution < 1.29 is 18.7 Å². The molecule has 0 heterocycles. The van der Waals surface area contributed by atoms with E-state index in [2.05, 4.69) is 0 Å². The molecule has 18 heavy (non-hydrogen) atoms. The van der Waals surface area contributed by atoms with Crippen molar-refractivity contribution in [2.45, 2.75) is 13.8 Å². The normalized spacial score (nSPS) is 11.2. The van der Waals surface area contributed by atoms with Gasteiger partial charge in [0.05, 0.1) is 11.6 Å². The molecule has 0 fully saturated rings. The predicted octanol–water partition coefficient (Wildman–Crippen LogP) is 3.01. The van der Waals surface area contributed by atoms with Crippen molar-refractivity contribution in [1.29, 1.82) is 0 Å². The van der Waals surface area contributed by atoms with E-state index in [1.54, 1.807) is 6.92 Å². The van der Waals surface area contributed by atoms with Crippen molar-refractivity contribution in [3.63, 3.8) is 0 Å². The third-order valence-corrected chi connectivity index (χ3v) is 2.46. The van der Waals surface area contributed by atoms with Crippen LogP contribution < -0.4 is 0 Å². The number of carbonyl (C=O) groups is 2. The van der Waals surface area contributed by atoms with Crippen LogP contribution >= 0.6 is 11.6 Å². The van der Waals surface area contributed by atoms with Gasteiger partial charge in [0, 0.05) is 0 Å². The molecule has 3 nitrogen and oxygen atoms in total. The molecule has 96 valence electrons. The molecule has 0 atom stereocenters. The molecule has 5 heteroatoms. The first-order valence-corrected chi connectivity index (χ1v) is 5.68. The summed E-state index contributed by atoms with van der Waals surface area (Å²) in [6, 6.07) is 3.69. The number of ketones is 1. The van der Waals surface area contributed by atoms with Crippen LogP contribution in [0.2, 0.25) is 5.02 Å². The monoisotopic (exact) mass is 270 g/mol. The molecule has 0 aliphatic rings. The molecular formula is C13H12ClFO3. The largest absolute Gasteiger partial charge is 0.462 e. The highest BCUT2D eigenvalue weighted by molar-refractivity contribution is 6.32. The lowest BCUT2D eigenvalue weighted by atomic mass is 10.1. The van der Waals surface area contributed by atoms with Gasteiger partial charge in [-0.25, -0.2) is 9.18 Å². The van der Waals surface area contributed by atoms with Crippen LogP contribution in [-0.4, -0.2) is 18.4 Å². The van der Waals surface area contributed by atoms with E-state index in [0.717, 1.165) is 6.07 Å². The lowest BCUT2D eigenvalue weighted by Gasteiger charge is -2.04. The summed E-state index contributed by atoms with van der Waals surface area (Å²) in [5.74, 6) is -1.64. The SMILES string of the molecule is CCOC(=O)C(=Cc1ccc(F)cc1Cl)C(C)=O. The van der Waals surface area contributed by atoms with Gasteiger partial charge in [0.2, 0.25) is 0 Å². The highest BCUT2D eigenvalue weighted by Crippen LogP contribution is 2.20. The molecule has 0 bridgehead atoms. The number of esters is 1. The van der Waals surface area contributed by atoms with Crippen LogP contribution in [0.25, 0.3) is 6.08 Å². The summed E-state index contributed by atoms with van der Waals surface area (Å²) in [4.78, 5) is 22.9. The predicted molar refractivity (Wildman–Crippen MR) is 66.7 cm³/mol. The maximum atomic E-state index is 12.9. The van der Waals surface area contributed by atoms with Crippen LogP contribution in [0.4, 0.5) is 4.39 Å². The minimum atomic E-state index is -0.717. The quantitative estimate of drug-likeness (QED) is 0.366. The third kappa shape index (κ3) is 3.67. The van der Waals surface area contributed by atoms with Crippen LogP contribution in [0.15, 0.2) is 23.8 Å². The number of ether oxygens (including phenoxy) is 1. The topological polar surface area (TPSA) is 43.4 Å². The van der Waals surface area contributed by atoms with Crippen molar-refractivity contribution >= 4 is 29.4 Å². The van der Waals surface area contributed by atoms with Gasteiger partial charge in [0.15, 0.2) is 5.78 Å². The molecule has 0 aromatic heterocycles. The van der Waals surface area contributed by atoms with Crippen LogP contribution in [0.1, 0.15) is 19.4 Å². The smallest absolute Gasteiger partial charge is 0.341 e. The van der Waals surface area contributed by atoms with E-state index >= 15 is 0 Å². The van der Waals surface area contributed by atoms with Crippen molar-refractivity contribution in [3.05, 3.63) is 40.2 Å². The van der Waals surface area contributed by atoms with Gasteiger partial charge in [0.1, 0.15) is 11.4 Å². The lowest BCUT2D eigenvalue weighted by Crippen LogP contribution is -2.13. The summed E-state index contributed by atoms with van der Waals surface area (Å²) in [6.45, 7) is 3.06. The van der Waals surface area contributed by atoms with E-state index in [1.807, 2.05) is 0 Å². The Morgan fingerprint density at radius 1 is 1.44 bits per heavy atom. The zero-order chi connectivity index (χ0) is 13.7. The number of Topliss-reactive ketones (excluding diaryl/α,β-unsaturated/α-hetero) is 1. The molecule has 0 saturated carbocycles. The molecule has 1 rings (SSSR count). The van der Waals surface area contributed by atoms with Gasteiger partial charge < -0.3 is 4.74 Å². The maximum absolute atomic E-state index is 12.9. The Kier molecular flexibility index (Phi) is 5.04. The van der Waals surface area contributed by atoms with E-state index in [-0.39, 0.29) is 17.2 Å². The van der Waals surface area contributed by atoms with Gasteiger partial charge in [-0.2, -0.15) is 0 Å². The highest BCUT2D eigenvalue weighted by Gasteiger charge is 2.16. The second kappa shape index (κ2) is 6.31. The van der Waals surface area contributed by atoms with Crippen LogP contribution in [0.5, 0.6) is 0 Å². The second-order valence-corrected chi connectivity index (χ2v) is 3.91. The molecule has 0 N–H and O–H groups in total. The number of hydrogen-bond donors (Lipinski definition) is 0. The Balaban J connectivity index is 3.16. The van der Waals surface area contributed by atoms with Gasteiger partial charge in [-0.1, -0.05) is 17.7 Å². The Labute approximate surface area is 109 Å². The fourth-order valence-corrected chi connectivity index (χ4v) is 1.51. The van der Waals surface area contributed by atoms with Gasteiger partial charge in [-0.15, -0.1) is 0 Å². The summed E-state index contributed by atoms with van der Waals surface area (Å²) in [5.41, 5.74) is 0.265. The average molecular weight is 271 g/mol. The third-order valence-electron chi connectivity index (χ3n) is 2.14. The van der Waals surface area contributed by atoms with E-state index in [1.165, 1.54) is 25.1 Å². The van der Waals surface area contributed by atoms with Crippen molar-refractivity contribution in [2.75, 3.05) is 6.61 Å². The fraction of sp³-hybridized carbons (Fsp3) is 0.231. The number of rotatable bonds is 4. The van der Waals surface area contributed by atoms with Gasteiger partial charge in [-0.05, 0) is 37.6 Å². The zero-order valence-electron chi connectivity index (χ0n) is 10.00. The van der Waals surface area contributed by atoms with Crippen LogP contribution in [-0.2, 0) is 14.3 Å². The van der Waals surface area contributed by atoms with E-state index < -0.39 is 17.6 Å². The molecule has 0 amide bonds. The van der Waals surface area contributed by atoms with Crippen molar-refractivity contribution in [1.82, 2.24) is 0 Å². The van der Waals surface area contributed by atoms with Crippen LogP contribution in [0, 0.1) is 5.82 Å². The van der Waals surface area contributed by atoms with Crippen molar-refractivity contribution in [2.24, 2.45) is 0 Å². The first-order valence-electron chi connectivity index (χ1n) is 5.30. The Morgan fingerprint density at radius 2 is 2.11 bits per heavy atom. The van der Waals surface area contributed by atoms with Crippen molar-refractivity contribution in [3.8, 4) is 0 Å². The molecule has 1 aromatic rings. The number of carbonyl (C=O) groups excluding carboxylic acids is 2. The van der Waals surface area contributed by atoms with E-state index in [4.69, 9.17) is 16.3 Å². The minimum absolute atomic E-state index is 0.120. The number of halogens is 2. The fourth-order valence-electron chi connectivity index (χ4n) is 1.29.